The van der Waals surface area contributed by atoms with Crippen LogP contribution in [0.25, 0.3) is 0 Å². The number of ether oxygens (including phenoxy) is 1. The van der Waals surface area contributed by atoms with Crippen LogP contribution in [0.15, 0.2) is 29.3 Å². The van der Waals surface area contributed by atoms with E-state index in [0.29, 0.717) is 12.5 Å². The lowest BCUT2D eigenvalue weighted by Gasteiger charge is -2.27. The summed E-state index contributed by atoms with van der Waals surface area (Å²) in [7, 11) is 0. The van der Waals surface area contributed by atoms with Crippen molar-refractivity contribution < 1.29 is 4.74 Å². The molecule has 0 aromatic heterocycles. The first-order valence-electron chi connectivity index (χ1n) is 8.15. The van der Waals surface area contributed by atoms with Gasteiger partial charge in [0.05, 0.1) is 19.8 Å². The molecule has 130 valence electrons. The summed E-state index contributed by atoms with van der Waals surface area (Å²) in [6.45, 7) is 11.3. The van der Waals surface area contributed by atoms with E-state index in [-0.39, 0.29) is 24.0 Å². The first-order chi connectivity index (χ1) is 10.7. The number of morpholine rings is 1. The van der Waals surface area contributed by atoms with E-state index in [1.165, 1.54) is 11.1 Å². The number of aliphatic imine (C=N–C) groups is 1. The molecule has 0 atom stereocenters. The molecule has 0 bridgehead atoms. The van der Waals surface area contributed by atoms with Crippen molar-refractivity contribution in [1.82, 2.24) is 9.80 Å². The summed E-state index contributed by atoms with van der Waals surface area (Å²) >= 11 is 0. The molecule has 0 aliphatic carbocycles. The second-order valence-corrected chi connectivity index (χ2v) is 5.56. The number of rotatable bonds is 6. The molecular formula is C17H29IN4O. The normalized spacial score (nSPS) is 15.6. The van der Waals surface area contributed by atoms with Gasteiger partial charge in [0, 0.05) is 19.6 Å². The van der Waals surface area contributed by atoms with Gasteiger partial charge in [0.15, 0.2) is 5.96 Å². The SMILES string of the molecule is CCN(CC)Cc1cccc(CN=C(N)N2CCOCC2)c1.I. The zero-order valence-electron chi connectivity index (χ0n) is 14.2. The third kappa shape index (κ3) is 6.64. The Morgan fingerprint density at radius 3 is 2.52 bits per heavy atom. The van der Waals surface area contributed by atoms with Crippen molar-refractivity contribution >= 4 is 29.9 Å². The first kappa shape index (κ1) is 20.2. The highest BCUT2D eigenvalue weighted by molar-refractivity contribution is 14.0. The third-order valence-corrected chi connectivity index (χ3v) is 4.05. The van der Waals surface area contributed by atoms with Crippen LogP contribution in [-0.4, -0.2) is 55.2 Å². The van der Waals surface area contributed by atoms with Crippen LogP contribution >= 0.6 is 24.0 Å². The van der Waals surface area contributed by atoms with E-state index < -0.39 is 0 Å². The summed E-state index contributed by atoms with van der Waals surface area (Å²) in [4.78, 5) is 9.02. The minimum Gasteiger partial charge on any atom is -0.378 e. The molecule has 5 nitrogen and oxygen atoms in total. The smallest absolute Gasteiger partial charge is 0.191 e. The molecule has 23 heavy (non-hydrogen) atoms. The average Bonchev–Trinajstić information content (AvgIpc) is 2.58. The van der Waals surface area contributed by atoms with E-state index in [1.54, 1.807) is 0 Å². The second-order valence-electron chi connectivity index (χ2n) is 5.56. The number of guanidine groups is 1. The second kappa shape index (κ2) is 10.8. The van der Waals surface area contributed by atoms with Crippen molar-refractivity contribution in [2.45, 2.75) is 26.9 Å². The minimum absolute atomic E-state index is 0. The topological polar surface area (TPSA) is 54.1 Å². The van der Waals surface area contributed by atoms with Crippen LogP contribution in [0, 0.1) is 0 Å². The number of halogens is 1. The monoisotopic (exact) mass is 432 g/mol. The highest BCUT2D eigenvalue weighted by atomic mass is 127. The highest BCUT2D eigenvalue weighted by Gasteiger charge is 2.11. The first-order valence-corrected chi connectivity index (χ1v) is 8.15. The van der Waals surface area contributed by atoms with Crippen LogP contribution in [-0.2, 0) is 17.8 Å². The lowest BCUT2D eigenvalue weighted by molar-refractivity contribution is 0.0674. The van der Waals surface area contributed by atoms with E-state index in [0.717, 1.165) is 45.9 Å². The van der Waals surface area contributed by atoms with Crippen molar-refractivity contribution in [3.8, 4) is 0 Å². The number of nitrogens with two attached hydrogens (primary N) is 1. The van der Waals surface area contributed by atoms with Crippen LogP contribution in [0.1, 0.15) is 25.0 Å². The van der Waals surface area contributed by atoms with Gasteiger partial charge >= 0.3 is 0 Å². The maximum atomic E-state index is 6.07. The lowest BCUT2D eigenvalue weighted by atomic mass is 10.1. The summed E-state index contributed by atoms with van der Waals surface area (Å²) in [5.41, 5.74) is 8.61. The summed E-state index contributed by atoms with van der Waals surface area (Å²) in [6.07, 6.45) is 0. The molecule has 0 radical (unpaired) electrons. The molecule has 1 aliphatic heterocycles. The maximum absolute atomic E-state index is 6.07. The fourth-order valence-electron chi connectivity index (χ4n) is 2.60. The maximum Gasteiger partial charge on any atom is 0.191 e. The standard InChI is InChI=1S/C17H28N4O.HI/c1-3-20(4-2)14-16-7-5-6-15(12-16)13-19-17(18)21-8-10-22-11-9-21;/h5-7,12H,3-4,8-11,13-14H2,1-2H3,(H2,18,19);1H. The lowest BCUT2D eigenvalue weighted by Crippen LogP contribution is -2.44. The third-order valence-electron chi connectivity index (χ3n) is 4.05. The Labute approximate surface area is 156 Å². The summed E-state index contributed by atoms with van der Waals surface area (Å²) in [5, 5.41) is 0. The molecule has 0 saturated carbocycles. The van der Waals surface area contributed by atoms with Crippen molar-refractivity contribution in [3.63, 3.8) is 0 Å². The number of nitrogens with zero attached hydrogens (tertiary/aromatic N) is 3. The van der Waals surface area contributed by atoms with E-state index in [2.05, 4.69) is 52.9 Å². The fraction of sp³-hybridized carbons (Fsp3) is 0.588. The zero-order valence-corrected chi connectivity index (χ0v) is 16.5. The van der Waals surface area contributed by atoms with E-state index >= 15 is 0 Å². The van der Waals surface area contributed by atoms with E-state index in [1.807, 2.05) is 0 Å². The van der Waals surface area contributed by atoms with Gasteiger partial charge in [-0.25, -0.2) is 4.99 Å². The van der Waals surface area contributed by atoms with Crippen molar-refractivity contribution in [3.05, 3.63) is 35.4 Å². The summed E-state index contributed by atoms with van der Waals surface area (Å²) < 4.78 is 5.33. The van der Waals surface area contributed by atoms with Gasteiger partial charge in [-0.15, -0.1) is 24.0 Å². The molecule has 1 aromatic rings. The molecule has 1 aromatic carbocycles. The zero-order chi connectivity index (χ0) is 15.8. The molecule has 0 unspecified atom stereocenters. The molecule has 1 saturated heterocycles. The largest absolute Gasteiger partial charge is 0.378 e. The van der Waals surface area contributed by atoms with Gasteiger partial charge < -0.3 is 15.4 Å². The van der Waals surface area contributed by atoms with Crippen LogP contribution < -0.4 is 5.73 Å². The van der Waals surface area contributed by atoms with Crippen LogP contribution in [0.4, 0.5) is 0 Å². The van der Waals surface area contributed by atoms with Crippen LogP contribution in [0.5, 0.6) is 0 Å². The minimum atomic E-state index is 0. The molecule has 1 fully saturated rings. The Kier molecular flexibility index (Phi) is 9.50. The number of hydrogen-bond acceptors (Lipinski definition) is 3. The molecule has 2 N–H and O–H groups in total. The molecule has 0 amide bonds. The summed E-state index contributed by atoms with van der Waals surface area (Å²) in [5.74, 6) is 0.623. The molecule has 0 spiro atoms. The molecule has 2 rings (SSSR count). The summed E-state index contributed by atoms with van der Waals surface area (Å²) in [6, 6.07) is 8.63. The van der Waals surface area contributed by atoms with Gasteiger partial charge in [-0.1, -0.05) is 38.1 Å². The van der Waals surface area contributed by atoms with Gasteiger partial charge in [0.25, 0.3) is 0 Å². The van der Waals surface area contributed by atoms with E-state index in [9.17, 15) is 0 Å². The predicted octanol–water partition coefficient (Wildman–Crippen LogP) is 2.29. The fourth-order valence-corrected chi connectivity index (χ4v) is 2.60. The molecule has 1 aliphatic rings. The van der Waals surface area contributed by atoms with E-state index in [4.69, 9.17) is 10.5 Å². The van der Waals surface area contributed by atoms with Crippen LogP contribution in [0.3, 0.4) is 0 Å². The predicted molar refractivity (Wildman–Crippen MR) is 106 cm³/mol. The van der Waals surface area contributed by atoms with Crippen molar-refractivity contribution in [2.75, 3.05) is 39.4 Å². The Hall–Kier alpha value is -0.860. The molecular weight excluding hydrogens is 403 g/mol. The molecule has 1 heterocycles. The highest BCUT2D eigenvalue weighted by Crippen LogP contribution is 2.10. The quantitative estimate of drug-likeness (QED) is 0.426. The Balaban J connectivity index is 0.00000264. The Bertz CT molecular complexity index is 485. The number of hydrogen-bond donors (Lipinski definition) is 1. The average molecular weight is 432 g/mol. The van der Waals surface area contributed by atoms with Crippen molar-refractivity contribution in [1.29, 1.82) is 0 Å². The Morgan fingerprint density at radius 1 is 1.22 bits per heavy atom. The van der Waals surface area contributed by atoms with Gasteiger partial charge in [0.2, 0.25) is 0 Å². The Morgan fingerprint density at radius 2 is 1.87 bits per heavy atom. The van der Waals surface area contributed by atoms with Gasteiger partial charge in [-0.2, -0.15) is 0 Å². The van der Waals surface area contributed by atoms with Gasteiger partial charge in [-0.3, -0.25) is 4.90 Å². The molecule has 6 heteroatoms. The number of benzene rings is 1. The van der Waals surface area contributed by atoms with Crippen molar-refractivity contribution in [2.24, 2.45) is 10.7 Å². The van der Waals surface area contributed by atoms with Gasteiger partial charge in [0.1, 0.15) is 0 Å². The van der Waals surface area contributed by atoms with Gasteiger partial charge in [-0.05, 0) is 24.2 Å². The van der Waals surface area contributed by atoms with Crippen LogP contribution in [0.2, 0.25) is 0 Å².